The topological polar surface area (TPSA) is 106 Å². The first-order chi connectivity index (χ1) is 18.2. The van der Waals surface area contributed by atoms with Crippen molar-refractivity contribution < 1.29 is 32.2 Å². The fourth-order valence-corrected chi connectivity index (χ4v) is 8.40. The zero-order chi connectivity index (χ0) is 26.7. The molecule has 0 aromatic heterocycles. The number of ether oxygens (including phenoxy) is 3. The molecule has 3 heterocycles. The maximum absolute atomic E-state index is 14.0. The van der Waals surface area contributed by atoms with Crippen molar-refractivity contribution in [2.45, 2.75) is 80.1 Å². The smallest absolute Gasteiger partial charge is 0.410 e. The van der Waals surface area contributed by atoms with Crippen molar-refractivity contribution in [2.24, 2.45) is 5.92 Å². The Bertz CT molecular complexity index is 1170. The molecule has 10 nitrogen and oxygen atoms in total. The molecule has 3 saturated heterocycles. The minimum Gasteiger partial charge on any atom is -0.450 e. The summed E-state index contributed by atoms with van der Waals surface area (Å²) in [5, 5.41) is 0.464. The molecule has 6 rings (SSSR count). The minimum absolute atomic E-state index is 0.102. The van der Waals surface area contributed by atoms with Gasteiger partial charge in [0.1, 0.15) is 5.60 Å². The number of fused-ring (bicyclic) bond motifs is 2. The van der Waals surface area contributed by atoms with Gasteiger partial charge in [0.05, 0.1) is 48.9 Å². The summed E-state index contributed by atoms with van der Waals surface area (Å²) in [6.45, 7) is 3.35. The van der Waals surface area contributed by atoms with Crippen LogP contribution in [-0.2, 0) is 24.2 Å². The number of rotatable bonds is 6. The Hall–Kier alpha value is -2.08. The molecule has 2 amide bonds. The second-order valence-corrected chi connectivity index (χ2v) is 13.4. The van der Waals surface area contributed by atoms with Crippen molar-refractivity contribution in [1.82, 2.24) is 14.1 Å². The first kappa shape index (κ1) is 26.2. The van der Waals surface area contributed by atoms with Gasteiger partial charge >= 0.3 is 12.2 Å². The molecule has 3 aliphatic heterocycles. The van der Waals surface area contributed by atoms with E-state index in [1.165, 1.54) is 12.1 Å². The van der Waals surface area contributed by atoms with E-state index in [0.29, 0.717) is 44.2 Å². The largest absolute Gasteiger partial charge is 0.450 e. The average molecular weight is 568 g/mol. The SMILES string of the molecule is CCOC(=O)N1C2CCC1CN(C(=O)OC1([C@H]3COC[C@@H](C4CC4)N3S(=O)(=O)c3ccc(Cl)cc3)CC1)C2. The van der Waals surface area contributed by atoms with E-state index in [0.717, 1.165) is 25.7 Å². The number of likely N-dealkylation sites (tertiary alicyclic amines) is 1. The van der Waals surface area contributed by atoms with Gasteiger partial charge in [0.2, 0.25) is 10.0 Å². The number of hydrogen-bond acceptors (Lipinski definition) is 7. The fourth-order valence-electron chi connectivity index (χ4n) is 6.37. The molecule has 12 heteroatoms. The predicted molar refractivity (Wildman–Crippen MR) is 137 cm³/mol. The van der Waals surface area contributed by atoms with Gasteiger partial charge in [-0.1, -0.05) is 11.6 Å². The lowest BCUT2D eigenvalue weighted by atomic mass is 10.0. The first-order valence-corrected chi connectivity index (χ1v) is 15.3. The fraction of sp³-hybridized carbons (Fsp3) is 0.692. The number of piperazine rings is 1. The lowest BCUT2D eigenvalue weighted by molar-refractivity contribution is -0.0778. The van der Waals surface area contributed by atoms with Crippen molar-refractivity contribution >= 4 is 33.8 Å². The van der Waals surface area contributed by atoms with Crippen LogP contribution in [0.5, 0.6) is 0 Å². The molecule has 0 N–H and O–H groups in total. The molecular formula is C26H34ClN3O7S. The maximum Gasteiger partial charge on any atom is 0.410 e. The summed E-state index contributed by atoms with van der Waals surface area (Å²) in [6.07, 6.45) is 3.89. The van der Waals surface area contributed by atoms with Crippen LogP contribution in [0.25, 0.3) is 0 Å². The molecular weight excluding hydrogens is 534 g/mol. The molecule has 5 fully saturated rings. The number of amides is 2. The highest BCUT2D eigenvalue weighted by Crippen LogP contribution is 2.50. The quantitative estimate of drug-likeness (QED) is 0.518. The summed E-state index contributed by atoms with van der Waals surface area (Å²) in [5.41, 5.74) is -0.929. The Labute approximate surface area is 228 Å². The van der Waals surface area contributed by atoms with Gasteiger partial charge in [-0.05, 0) is 75.6 Å². The van der Waals surface area contributed by atoms with Crippen molar-refractivity contribution in [3.63, 3.8) is 0 Å². The van der Waals surface area contributed by atoms with E-state index in [1.54, 1.807) is 33.2 Å². The summed E-state index contributed by atoms with van der Waals surface area (Å²) in [7, 11) is -3.88. The Morgan fingerprint density at radius 2 is 1.68 bits per heavy atom. The number of sulfonamides is 1. The molecule has 208 valence electrons. The number of morpholine rings is 1. The minimum atomic E-state index is -3.88. The highest BCUT2D eigenvalue weighted by atomic mass is 35.5. The van der Waals surface area contributed by atoms with Crippen molar-refractivity contribution in [1.29, 1.82) is 0 Å². The zero-order valence-electron chi connectivity index (χ0n) is 21.5. The standard InChI is InChI=1S/C26H34ClN3O7S/c1-2-36-25(32)29-19-7-8-20(29)14-28(13-19)24(31)37-26(11-12-26)23-16-35-15-22(17-3-4-17)30(23)38(33,34)21-9-5-18(27)6-10-21/h5-6,9-10,17,19-20,22-23H,2-4,7-8,11-16H2,1H3/t19?,20?,22-,23+/m0/s1. The van der Waals surface area contributed by atoms with Crippen LogP contribution in [-0.4, -0.2) is 97.4 Å². The first-order valence-electron chi connectivity index (χ1n) is 13.5. The number of benzene rings is 1. The van der Waals surface area contributed by atoms with Gasteiger partial charge in [-0.15, -0.1) is 0 Å². The normalized spacial score (nSPS) is 30.7. The Balaban J connectivity index is 1.22. The molecule has 4 atom stereocenters. The highest BCUT2D eigenvalue weighted by Gasteiger charge is 2.62. The third-order valence-corrected chi connectivity index (χ3v) is 10.8. The molecule has 0 radical (unpaired) electrons. The van der Waals surface area contributed by atoms with Crippen LogP contribution < -0.4 is 0 Å². The second-order valence-electron chi connectivity index (χ2n) is 11.1. The number of carbonyl (C=O) groups is 2. The summed E-state index contributed by atoms with van der Waals surface area (Å²) < 4.78 is 46.9. The number of hydrogen-bond donors (Lipinski definition) is 0. The van der Waals surface area contributed by atoms with Crippen LogP contribution >= 0.6 is 11.6 Å². The molecule has 2 aliphatic carbocycles. The molecule has 1 aromatic carbocycles. The van der Waals surface area contributed by atoms with E-state index in [4.69, 9.17) is 25.8 Å². The van der Waals surface area contributed by atoms with Gasteiger partial charge in [0.15, 0.2) is 0 Å². The van der Waals surface area contributed by atoms with Gasteiger partial charge in [0.25, 0.3) is 0 Å². The van der Waals surface area contributed by atoms with Crippen LogP contribution in [0.3, 0.4) is 0 Å². The third-order valence-electron chi connectivity index (χ3n) is 8.61. The van der Waals surface area contributed by atoms with E-state index in [9.17, 15) is 18.0 Å². The Kier molecular flexibility index (Phi) is 6.77. The van der Waals surface area contributed by atoms with E-state index in [2.05, 4.69) is 0 Å². The van der Waals surface area contributed by atoms with E-state index in [1.807, 2.05) is 0 Å². The number of carbonyl (C=O) groups excluding carboxylic acids is 2. The molecule has 2 bridgehead atoms. The number of halogens is 1. The maximum atomic E-state index is 14.0. The lowest BCUT2D eigenvalue weighted by Gasteiger charge is -2.45. The average Bonchev–Trinajstić information content (AvgIpc) is 3.82. The van der Waals surface area contributed by atoms with Gasteiger partial charge in [-0.2, -0.15) is 4.31 Å². The summed E-state index contributed by atoms with van der Waals surface area (Å²) in [4.78, 5) is 29.5. The predicted octanol–water partition coefficient (Wildman–Crippen LogP) is 3.48. The molecule has 1 aromatic rings. The molecule has 2 saturated carbocycles. The van der Waals surface area contributed by atoms with Crippen LogP contribution in [0.2, 0.25) is 5.02 Å². The number of nitrogens with zero attached hydrogens (tertiary/aromatic N) is 3. The molecule has 0 spiro atoms. The van der Waals surface area contributed by atoms with Crippen molar-refractivity contribution in [3.05, 3.63) is 29.3 Å². The molecule has 38 heavy (non-hydrogen) atoms. The van der Waals surface area contributed by atoms with Crippen LogP contribution in [0.15, 0.2) is 29.2 Å². The van der Waals surface area contributed by atoms with Gasteiger partial charge in [-0.3, -0.25) is 4.90 Å². The van der Waals surface area contributed by atoms with Gasteiger partial charge in [0, 0.05) is 18.1 Å². The monoisotopic (exact) mass is 567 g/mol. The van der Waals surface area contributed by atoms with Crippen LogP contribution in [0, 0.1) is 5.92 Å². The van der Waals surface area contributed by atoms with Crippen LogP contribution in [0.4, 0.5) is 9.59 Å². The van der Waals surface area contributed by atoms with Gasteiger partial charge < -0.3 is 19.1 Å². The van der Waals surface area contributed by atoms with Crippen LogP contribution in [0.1, 0.15) is 45.4 Å². The van der Waals surface area contributed by atoms with Crippen molar-refractivity contribution in [3.8, 4) is 0 Å². The van der Waals surface area contributed by atoms with E-state index < -0.39 is 27.8 Å². The summed E-state index contributed by atoms with van der Waals surface area (Å²) in [6, 6.07) is 5.10. The lowest BCUT2D eigenvalue weighted by Crippen LogP contribution is -2.62. The highest BCUT2D eigenvalue weighted by molar-refractivity contribution is 7.89. The zero-order valence-corrected chi connectivity index (χ0v) is 23.0. The van der Waals surface area contributed by atoms with Gasteiger partial charge in [-0.25, -0.2) is 18.0 Å². The summed E-state index contributed by atoms with van der Waals surface area (Å²) in [5.74, 6) is 0.234. The Morgan fingerprint density at radius 3 is 2.26 bits per heavy atom. The van der Waals surface area contributed by atoms with E-state index >= 15 is 0 Å². The third kappa shape index (κ3) is 4.65. The van der Waals surface area contributed by atoms with E-state index in [-0.39, 0.29) is 41.6 Å². The Morgan fingerprint density at radius 1 is 1.03 bits per heavy atom. The second kappa shape index (κ2) is 9.83. The molecule has 2 unspecified atom stereocenters. The van der Waals surface area contributed by atoms with Crippen molar-refractivity contribution in [2.75, 3.05) is 32.9 Å². The molecule has 5 aliphatic rings. The summed E-state index contributed by atoms with van der Waals surface area (Å²) >= 11 is 6.03.